The maximum atomic E-state index is 9.71. The molecule has 0 radical (unpaired) electrons. The monoisotopic (exact) mass is 527 g/mol. The maximum Gasteiger partial charge on any atom is 0.139 e. The molecule has 5 rings (SSSR count). The summed E-state index contributed by atoms with van der Waals surface area (Å²) in [6, 6.07) is 11.7. The van der Waals surface area contributed by atoms with Gasteiger partial charge in [0.2, 0.25) is 0 Å². The van der Waals surface area contributed by atoms with E-state index in [0.717, 1.165) is 70.2 Å². The summed E-state index contributed by atoms with van der Waals surface area (Å²) in [4.78, 5) is 7.57. The minimum absolute atomic E-state index is 0.151. The normalized spacial score (nSPS) is 24.8. The van der Waals surface area contributed by atoms with Crippen LogP contribution < -0.4 is 14.4 Å². The van der Waals surface area contributed by atoms with Gasteiger partial charge in [-0.1, -0.05) is 17.7 Å². The number of benzene rings is 2. The van der Waals surface area contributed by atoms with Gasteiger partial charge in [-0.2, -0.15) is 0 Å². The molecule has 0 saturated carbocycles. The second kappa shape index (κ2) is 11.8. The second-order valence-corrected chi connectivity index (χ2v) is 11.4. The summed E-state index contributed by atoms with van der Waals surface area (Å²) in [5, 5.41) is 10.4. The maximum absolute atomic E-state index is 9.71. The first kappa shape index (κ1) is 26.6. The standard InChI is InChI=1S/C30H42ClN3O3/c1-21-22(2)29(37-17-5-13-32-14-12-25(35)20-32)11-9-26(21)28-7-4-6-24-19-33(15-16-34(24)28)23-8-10-27(31)30(18-23)36-3/h8-11,18,24-25,28,35H,4-7,12-17,19-20H2,1-3H3/t24?,25-,28-/m1/s1. The van der Waals surface area contributed by atoms with Crippen LogP contribution in [0.4, 0.5) is 5.69 Å². The molecular formula is C30H42ClN3O3. The lowest BCUT2D eigenvalue weighted by molar-refractivity contribution is 0.0712. The first-order chi connectivity index (χ1) is 17.9. The SMILES string of the molecule is COc1cc(N2CCN3C(CCC[C@@H]3c3ccc(OCCCN4CC[C@@H](O)C4)c(C)c3C)C2)ccc1Cl. The number of methoxy groups -OCH3 is 1. The highest BCUT2D eigenvalue weighted by atomic mass is 35.5. The smallest absolute Gasteiger partial charge is 0.139 e. The number of anilines is 1. The summed E-state index contributed by atoms with van der Waals surface area (Å²) >= 11 is 6.27. The van der Waals surface area contributed by atoms with Crippen LogP contribution in [0.1, 0.15) is 54.8 Å². The summed E-state index contributed by atoms with van der Waals surface area (Å²) in [5.74, 6) is 1.75. The average molecular weight is 528 g/mol. The van der Waals surface area contributed by atoms with Gasteiger partial charge in [-0.15, -0.1) is 0 Å². The van der Waals surface area contributed by atoms with E-state index < -0.39 is 0 Å². The highest BCUT2D eigenvalue weighted by Crippen LogP contribution is 2.40. The van der Waals surface area contributed by atoms with Gasteiger partial charge in [0.05, 0.1) is 24.8 Å². The zero-order valence-corrected chi connectivity index (χ0v) is 23.3. The van der Waals surface area contributed by atoms with E-state index in [9.17, 15) is 5.11 Å². The van der Waals surface area contributed by atoms with Crippen molar-refractivity contribution in [2.24, 2.45) is 0 Å². The number of aliphatic hydroxyl groups is 1. The minimum atomic E-state index is -0.151. The van der Waals surface area contributed by atoms with Crippen LogP contribution in [0.3, 0.4) is 0 Å². The molecule has 6 nitrogen and oxygen atoms in total. The Labute approximate surface area is 227 Å². The highest BCUT2D eigenvalue weighted by Gasteiger charge is 2.36. The van der Waals surface area contributed by atoms with E-state index in [-0.39, 0.29) is 6.10 Å². The molecule has 2 aromatic rings. The number of halogens is 1. The summed E-state index contributed by atoms with van der Waals surface area (Å²) < 4.78 is 11.7. The Bertz CT molecular complexity index is 1080. The van der Waals surface area contributed by atoms with Crippen molar-refractivity contribution in [3.8, 4) is 11.5 Å². The van der Waals surface area contributed by atoms with Gasteiger partial charge in [-0.05, 0) is 80.8 Å². The van der Waals surface area contributed by atoms with Crippen molar-refractivity contribution in [3.05, 3.63) is 52.0 Å². The zero-order chi connectivity index (χ0) is 25.9. The van der Waals surface area contributed by atoms with Gasteiger partial charge >= 0.3 is 0 Å². The van der Waals surface area contributed by atoms with E-state index in [4.69, 9.17) is 21.1 Å². The number of likely N-dealkylation sites (tertiary alicyclic amines) is 1. The zero-order valence-electron chi connectivity index (χ0n) is 22.6. The molecule has 3 aliphatic heterocycles. The van der Waals surface area contributed by atoms with Gasteiger partial charge in [0, 0.05) is 63.1 Å². The number of piperazine rings is 1. The van der Waals surface area contributed by atoms with Crippen molar-refractivity contribution >= 4 is 17.3 Å². The Morgan fingerprint density at radius 2 is 1.84 bits per heavy atom. The number of piperidine rings is 1. The Kier molecular flexibility index (Phi) is 8.50. The van der Waals surface area contributed by atoms with Crippen LogP contribution in [0.25, 0.3) is 0 Å². The fraction of sp³-hybridized carbons (Fsp3) is 0.600. The van der Waals surface area contributed by atoms with E-state index in [1.54, 1.807) is 7.11 Å². The third-order valence-electron chi connectivity index (χ3n) is 8.71. The molecule has 0 aromatic heterocycles. The minimum Gasteiger partial charge on any atom is -0.495 e. The Balaban J connectivity index is 1.21. The summed E-state index contributed by atoms with van der Waals surface area (Å²) in [6.07, 6.45) is 5.44. The third kappa shape index (κ3) is 5.88. The van der Waals surface area contributed by atoms with Crippen LogP contribution in [0.2, 0.25) is 5.02 Å². The molecule has 0 spiro atoms. The van der Waals surface area contributed by atoms with Crippen LogP contribution >= 0.6 is 11.6 Å². The van der Waals surface area contributed by atoms with Gasteiger partial charge in [-0.3, -0.25) is 4.90 Å². The quantitative estimate of drug-likeness (QED) is 0.475. The number of β-amino-alcohol motifs (C(OH)–C–C–N with tert-alkyl or cyclic N) is 1. The molecule has 0 bridgehead atoms. The van der Waals surface area contributed by atoms with Crippen molar-refractivity contribution in [3.63, 3.8) is 0 Å². The van der Waals surface area contributed by atoms with Crippen LogP contribution in [-0.4, -0.2) is 80.0 Å². The van der Waals surface area contributed by atoms with Crippen LogP contribution in [0, 0.1) is 13.8 Å². The third-order valence-corrected chi connectivity index (χ3v) is 9.02. The number of aliphatic hydroxyl groups excluding tert-OH is 1. The predicted molar refractivity (Wildman–Crippen MR) is 150 cm³/mol. The highest BCUT2D eigenvalue weighted by molar-refractivity contribution is 6.32. The van der Waals surface area contributed by atoms with E-state index in [1.807, 2.05) is 6.07 Å². The van der Waals surface area contributed by atoms with Crippen molar-refractivity contribution in [2.75, 3.05) is 57.9 Å². The van der Waals surface area contributed by atoms with E-state index in [2.05, 4.69) is 52.8 Å². The molecule has 3 saturated heterocycles. The molecule has 1 unspecified atom stereocenters. The number of fused-ring (bicyclic) bond motifs is 1. The molecule has 3 aliphatic rings. The largest absolute Gasteiger partial charge is 0.495 e. The van der Waals surface area contributed by atoms with Gasteiger partial charge in [-0.25, -0.2) is 0 Å². The molecule has 3 atom stereocenters. The topological polar surface area (TPSA) is 48.4 Å². The average Bonchev–Trinajstić information content (AvgIpc) is 3.33. The predicted octanol–water partition coefficient (Wildman–Crippen LogP) is 5.22. The molecule has 7 heteroatoms. The lowest BCUT2D eigenvalue weighted by atomic mass is 9.86. The van der Waals surface area contributed by atoms with E-state index >= 15 is 0 Å². The van der Waals surface area contributed by atoms with Crippen LogP contribution in [-0.2, 0) is 0 Å². The lowest BCUT2D eigenvalue weighted by Crippen LogP contribution is -2.56. The van der Waals surface area contributed by atoms with Crippen molar-refractivity contribution in [2.45, 2.75) is 64.1 Å². The molecule has 202 valence electrons. The molecule has 3 fully saturated rings. The van der Waals surface area contributed by atoms with Gasteiger partial charge in [0.1, 0.15) is 11.5 Å². The number of hydrogen-bond donors (Lipinski definition) is 1. The van der Waals surface area contributed by atoms with Crippen molar-refractivity contribution in [1.29, 1.82) is 0 Å². The van der Waals surface area contributed by atoms with Gasteiger partial charge < -0.3 is 24.4 Å². The summed E-state index contributed by atoms with van der Waals surface area (Å²) in [5.41, 5.74) is 5.29. The van der Waals surface area contributed by atoms with Crippen LogP contribution in [0.15, 0.2) is 30.3 Å². The molecule has 1 N–H and O–H groups in total. The van der Waals surface area contributed by atoms with Crippen molar-refractivity contribution in [1.82, 2.24) is 9.80 Å². The van der Waals surface area contributed by atoms with Gasteiger partial charge in [0.25, 0.3) is 0 Å². The van der Waals surface area contributed by atoms with E-state index in [1.165, 1.54) is 41.6 Å². The Morgan fingerprint density at radius 1 is 0.973 bits per heavy atom. The number of ether oxygens (including phenoxy) is 2. The molecule has 0 aliphatic carbocycles. The molecule has 2 aromatic carbocycles. The summed E-state index contributed by atoms with van der Waals surface area (Å²) in [6.45, 7) is 11.1. The second-order valence-electron chi connectivity index (χ2n) is 11.0. The van der Waals surface area contributed by atoms with Gasteiger partial charge in [0.15, 0.2) is 0 Å². The number of nitrogens with zero attached hydrogens (tertiary/aromatic N) is 3. The first-order valence-electron chi connectivity index (χ1n) is 13.9. The molecule has 0 amide bonds. The number of rotatable bonds is 8. The first-order valence-corrected chi connectivity index (χ1v) is 14.3. The lowest BCUT2D eigenvalue weighted by Gasteiger charge is -2.49. The molecule has 3 heterocycles. The Morgan fingerprint density at radius 3 is 2.62 bits per heavy atom. The van der Waals surface area contributed by atoms with Crippen molar-refractivity contribution < 1.29 is 14.6 Å². The fourth-order valence-electron chi connectivity index (χ4n) is 6.48. The summed E-state index contributed by atoms with van der Waals surface area (Å²) in [7, 11) is 1.68. The van der Waals surface area contributed by atoms with E-state index in [0.29, 0.717) is 17.1 Å². The molecule has 37 heavy (non-hydrogen) atoms. The molecular weight excluding hydrogens is 486 g/mol. The van der Waals surface area contributed by atoms with Crippen LogP contribution in [0.5, 0.6) is 11.5 Å². The fourth-order valence-corrected chi connectivity index (χ4v) is 6.68. The Hall–Kier alpha value is -1.99. The number of hydrogen-bond acceptors (Lipinski definition) is 6.